The molecule has 1 aromatic rings. The van der Waals surface area contributed by atoms with Crippen LogP contribution in [0.5, 0.6) is 0 Å². The minimum Gasteiger partial charge on any atom is -0.459 e. The fourth-order valence-electron chi connectivity index (χ4n) is 2.18. The first-order valence-corrected chi connectivity index (χ1v) is 7.90. The van der Waals surface area contributed by atoms with Gasteiger partial charge in [0.25, 0.3) is 0 Å². The second kappa shape index (κ2) is 6.79. The van der Waals surface area contributed by atoms with Gasteiger partial charge in [-0.3, -0.25) is 9.59 Å². The van der Waals surface area contributed by atoms with Crippen LogP contribution in [-0.4, -0.2) is 42.1 Å². The van der Waals surface area contributed by atoms with E-state index in [0.29, 0.717) is 6.54 Å². The number of benzene rings is 1. The molecule has 120 valence electrons. The zero-order valence-electron chi connectivity index (χ0n) is 13.0. The van der Waals surface area contributed by atoms with Crippen molar-refractivity contribution in [3.63, 3.8) is 0 Å². The highest BCUT2D eigenvalue weighted by molar-refractivity contribution is 9.10. The highest BCUT2D eigenvalue weighted by atomic mass is 79.9. The maximum Gasteiger partial charge on any atom is 0.326 e. The summed E-state index contributed by atoms with van der Waals surface area (Å²) < 4.78 is 11.8. The van der Waals surface area contributed by atoms with Crippen LogP contribution in [0.2, 0.25) is 0 Å². The summed E-state index contributed by atoms with van der Waals surface area (Å²) in [5.74, 6) is -0.600. The number of ether oxygens (including phenoxy) is 2. The zero-order valence-corrected chi connectivity index (χ0v) is 14.6. The van der Waals surface area contributed by atoms with Crippen molar-refractivity contribution in [2.24, 2.45) is 0 Å². The number of hydrogen-bond acceptors (Lipinski definition) is 4. The summed E-state index contributed by atoms with van der Waals surface area (Å²) in [5, 5.41) is 0. The highest BCUT2D eigenvalue weighted by Gasteiger charge is 2.30. The van der Waals surface area contributed by atoms with Crippen molar-refractivity contribution in [3.8, 4) is 0 Å². The van der Waals surface area contributed by atoms with Gasteiger partial charge in [0.2, 0.25) is 5.91 Å². The van der Waals surface area contributed by atoms with Gasteiger partial charge in [0.1, 0.15) is 24.9 Å². The molecule has 2 rings (SSSR count). The van der Waals surface area contributed by atoms with Crippen LogP contribution in [0.4, 0.5) is 0 Å². The van der Waals surface area contributed by atoms with E-state index >= 15 is 0 Å². The van der Waals surface area contributed by atoms with Crippen LogP contribution in [-0.2, 0) is 19.1 Å². The fourth-order valence-corrected chi connectivity index (χ4v) is 2.44. The first kappa shape index (κ1) is 17.0. The van der Waals surface area contributed by atoms with Gasteiger partial charge in [-0.15, -0.1) is 0 Å². The van der Waals surface area contributed by atoms with Gasteiger partial charge in [0, 0.05) is 4.47 Å². The standard InChI is InChI=1S/C16H20BrNO4/c1-16(2,3)22-15(20)9-18-8-13(21-10-14(18)19)11-4-6-12(17)7-5-11/h4-7,13H,8-10H2,1-3H3/t13-/m0/s1. The molecule has 1 heterocycles. The van der Waals surface area contributed by atoms with Crippen molar-refractivity contribution < 1.29 is 19.1 Å². The Bertz CT molecular complexity index is 550. The van der Waals surface area contributed by atoms with E-state index in [1.54, 1.807) is 20.8 Å². The minimum atomic E-state index is -0.558. The summed E-state index contributed by atoms with van der Waals surface area (Å²) in [6, 6.07) is 7.73. The van der Waals surface area contributed by atoms with Crippen LogP contribution in [0.3, 0.4) is 0 Å². The van der Waals surface area contributed by atoms with Gasteiger partial charge in [-0.25, -0.2) is 0 Å². The van der Waals surface area contributed by atoms with Crippen molar-refractivity contribution in [1.29, 1.82) is 0 Å². The van der Waals surface area contributed by atoms with E-state index in [4.69, 9.17) is 9.47 Å². The van der Waals surface area contributed by atoms with Crippen LogP contribution < -0.4 is 0 Å². The van der Waals surface area contributed by atoms with E-state index in [1.807, 2.05) is 24.3 Å². The van der Waals surface area contributed by atoms with Crippen LogP contribution >= 0.6 is 15.9 Å². The zero-order chi connectivity index (χ0) is 16.3. The maximum atomic E-state index is 11.9. The van der Waals surface area contributed by atoms with E-state index in [1.165, 1.54) is 4.90 Å². The molecule has 1 aliphatic rings. The molecular formula is C16H20BrNO4. The van der Waals surface area contributed by atoms with Crippen molar-refractivity contribution in [3.05, 3.63) is 34.3 Å². The molecule has 1 amide bonds. The summed E-state index contributed by atoms with van der Waals surface area (Å²) in [4.78, 5) is 25.3. The third kappa shape index (κ3) is 4.81. The molecule has 1 fully saturated rings. The first-order chi connectivity index (χ1) is 10.2. The summed E-state index contributed by atoms with van der Waals surface area (Å²) >= 11 is 3.38. The molecule has 0 saturated carbocycles. The largest absolute Gasteiger partial charge is 0.459 e. The van der Waals surface area contributed by atoms with Crippen molar-refractivity contribution >= 4 is 27.8 Å². The number of morpholine rings is 1. The first-order valence-electron chi connectivity index (χ1n) is 7.11. The van der Waals surface area contributed by atoms with Crippen LogP contribution in [0.15, 0.2) is 28.7 Å². The Balaban J connectivity index is 2.00. The van der Waals surface area contributed by atoms with E-state index in [-0.39, 0.29) is 25.2 Å². The van der Waals surface area contributed by atoms with Crippen molar-refractivity contribution in [1.82, 2.24) is 4.90 Å². The van der Waals surface area contributed by atoms with Gasteiger partial charge in [0.05, 0.1) is 6.54 Å². The minimum absolute atomic E-state index is 0.0243. The topological polar surface area (TPSA) is 55.8 Å². The van der Waals surface area contributed by atoms with Gasteiger partial charge >= 0.3 is 5.97 Å². The molecule has 1 saturated heterocycles. The maximum absolute atomic E-state index is 11.9. The smallest absolute Gasteiger partial charge is 0.326 e. The van der Waals surface area contributed by atoms with Gasteiger partial charge < -0.3 is 14.4 Å². The third-order valence-corrected chi connectivity index (χ3v) is 3.66. The molecule has 0 N–H and O–H groups in total. The molecule has 0 aromatic heterocycles. The second-order valence-electron chi connectivity index (χ2n) is 6.21. The Kier molecular flexibility index (Phi) is 5.24. The molecule has 1 aromatic carbocycles. The SMILES string of the molecule is CC(C)(C)OC(=O)CN1C[C@@H](c2ccc(Br)cc2)OCC1=O. The Morgan fingerprint density at radius 3 is 2.59 bits per heavy atom. The summed E-state index contributed by atoms with van der Waals surface area (Å²) in [7, 11) is 0. The van der Waals surface area contributed by atoms with Gasteiger partial charge in [-0.05, 0) is 38.5 Å². The molecule has 0 spiro atoms. The fraction of sp³-hybridized carbons (Fsp3) is 0.500. The average Bonchev–Trinajstić information content (AvgIpc) is 2.40. The molecule has 1 atom stereocenters. The molecule has 1 aliphatic heterocycles. The third-order valence-electron chi connectivity index (χ3n) is 3.13. The van der Waals surface area contributed by atoms with Crippen molar-refractivity contribution in [2.75, 3.05) is 19.7 Å². The lowest BCUT2D eigenvalue weighted by Crippen LogP contribution is -2.46. The molecule has 5 nitrogen and oxygen atoms in total. The number of nitrogens with zero attached hydrogens (tertiary/aromatic N) is 1. The molecule has 22 heavy (non-hydrogen) atoms. The predicted molar refractivity (Wildman–Crippen MR) is 85.3 cm³/mol. The van der Waals surface area contributed by atoms with E-state index in [2.05, 4.69) is 15.9 Å². The highest BCUT2D eigenvalue weighted by Crippen LogP contribution is 2.24. The number of esters is 1. The Hall–Kier alpha value is -1.40. The van der Waals surface area contributed by atoms with Gasteiger partial charge in [-0.2, -0.15) is 0 Å². The molecular weight excluding hydrogens is 350 g/mol. The normalized spacial score (nSPS) is 19.2. The predicted octanol–water partition coefficient (Wildman–Crippen LogP) is 2.69. The Morgan fingerprint density at radius 2 is 2.00 bits per heavy atom. The van der Waals surface area contributed by atoms with Crippen LogP contribution in [0, 0.1) is 0 Å². The number of amides is 1. The average molecular weight is 370 g/mol. The van der Waals surface area contributed by atoms with Crippen LogP contribution in [0.25, 0.3) is 0 Å². The molecule has 0 unspecified atom stereocenters. The Labute approximate surface area is 138 Å². The second-order valence-corrected chi connectivity index (χ2v) is 7.13. The number of halogens is 1. The van der Waals surface area contributed by atoms with E-state index < -0.39 is 11.6 Å². The number of carbonyl (C=O) groups excluding carboxylic acids is 2. The lowest BCUT2D eigenvalue weighted by molar-refractivity contribution is -0.165. The van der Waals surface area contributed by atoms with E-state index in [0.717, 1.165) is 10.0 Å². The van der Waals surface area contributed by atoms with E-state index in [9.17, 15) is 9.59 Å². The number of hydrogen-bond donors (Lipinski definition) is 0. The summed E-state index contributed by atoms with van der Waals surface area (Å²) in [6.45, 7) is 5.68. The summed E-state index contributed by atoms with van der Waals surface area (Å²) in [6.07, 6.45) is -0.228. The molecule has 0 bridgehead atoms. The summed E-state index contributed by atoms with van der Waals surface area (Å²) in [5.41, 5.74) is 0.419. The monoisotopic (exact) mass is 369 g/mol. The number of rotatable bonds is 3. The van der Waals surface area contributed by atoms with Gasteiger partial charge in [0.15, 0.2) is 0 Å². The van der Waals surface area contributed by atoms with Gasteiger partial charge in [-0.1, -0.05) is 28.1 Å². The molecule has 0 aliphatic carbocycles. The number of carbonyl (C=O) groups is 2. The van der Waals surface area contributed by atoms with Crippen LogP contribution in [0.1, 0.15) is 32.4 Å². The quantitative estimate of drug-likeness (QED) is 0.768. The molecule has 0 radical (unpaired) electrons. The Morgan fingerprint density at radius 1 is 1.36 bits per heavy atom. The lowest BCUT2D eigenvalue weighted by atomic mass is 10.1. The van der Waals surface area contributed by atoms with Crippen molar-refractivity contribution in [2.45, 2.75) is 32.5 Å². The lowest BCUT2D eigenvalue weighted by Gasteiger charge is -2.33. The molecule has 6 heteroatoms.